The Balaban J connectivity index is 1.53. The zero-order valence-electron chi connectivity index (χ0n) is 15.2. The third-order valence-corrected chi connectivity index (χ3v) is 5.08. The Hall–Kier alpha value is -2.91. The summed E-state index contributed by atoms with van der Waals surface area (Å²) in [5, 5.41) is 3.13. The molecule has 3 aromatic carbocycles. The highest BCUT2D eigenvalue weighted by molar-refractivity contribution is 5.87. The molecule has 136 valence electrons. The van der Waals surface area contributed by atoms with Gasteiger partial charge in [0, 0.05) is 6.54 Å². The van der Waals surface area contributed by atoms with Crippen molar-refractivity contribution in [3.63, 3.8) is 0 Å². The van der Waals surface area contributed by atoms with Gasteiger partial charge in [0.05, 0.1) is 12.5 Å². The maximum Gasteiger partial charge on any atom is 0.232 e. The molecule has 1 aliphatic heterocycles. The van der Waals surface area contributed by atoms with Crippen LogP contribution in [0.25, 0.3) is 0 Å². The quantitative estimate of drug-likeness (QED) is 0.741. The van der Waals surface area contributed by atoms with Crippen molar-refractivity contribution in [1.29, 1.82) is 0 Å². The topological polar surface area (TPSA) is 38.3 Å². The van der Waals surface area contributed by atoms with Gasteiger partial charge in [-0.1, -0.05) is 84.9 Å². The molecule has 1 amide bonds. The molecule has 4 rings (SSSR count). The first-order chi connectivity index (χ1) is 13.3. The summed E-state index contributed by atoms with van der Waals surface area (Å²) in [6.07, 6.45) is 0.836. The maximum absolute atomic E-state index is 13.1. The molecule has 0 radical (unpaired) electrons. The van der Waals surface area contributed by atoms with Crippen LogP contribution >= 0.6 is 0 Å². The van der Waals surface area contributed by atoms with Crippen LogP contribution in [0.4, 0.5) is 0 Å². The number of amides is 1. The van der Waals surface area contributed by atoms with Crippen molar-refractivity contribution < 1.29 is 9.53 Å². The molecule has 1 N–H and O–H groups in total. The normalized spacial score (nSPS) is 16.0. The molecule has 1 aliphatic rings. The van der Waals surface area contributed by atoms with E-state index in [0.717, 1.165) is 17.5 Å². The Morgan fingerprint density at radius 2 is 1.48 bits per heavy atom. The van der Waals surface area contributed by atoms with Gasteiger partial charge in [-0.2, -0.15) is 0 Å². The lowest BCUT2D eigenvalue weighted by molar-refractivity contribution is -0.122. The van der Waals surface area contributed by atoms with Crippen LogP contribution in [0.1, 0.15) is 34.3 Å². The van der Waals surface area contributed by atoms with Crippen LogP contribution in [-0.4, -0.2) is 19.1 Å². The van der Waals surface area contributed by atoms with Crippen molar-refractivity contribution >= 4 is 5.91 Å². The van der Waals surface area contributed by atoms with Gasteiger partial charge in [0.2, 0.25) is 5.91 Å². The fourth-order valence-corrected chi connectivity index (χ4v) is 3.73. The molecule has 0 saturated heterocycles. The van der Waals surface area contributed by atoms with Crippen LogP contribution in [0, 0.1) is 0 Å². The van der Waals surface area contributed by atoms with E-state index in [4.69, 9.17) is 4.74 Å². The Morgan fingerprint density at radius 1 is 0.889 bits per heavy atom. The van der Waals surface area contributed by atoms with Gasteiger partial charge in [0.15, 0.2) is 0 Å². The number of hydrogen-bond acceptors (Lipinski definition) is 2. The minimum Gasteiger partial charge on any atom is -0.371 e. The minimum atomic E-state index is -0.328. The van der Waals surface area contributed by atoms with E-state index in [2.05, 4.69) is 23.5 Å². The Kier molecular flexibility index (Phi) is 5.31. The van der Waals surface area contributed by atoms with Gasteiger partial charge in [0.25, 0.3) is 0 Å². The summed E-state index contributed by atoms with van der Waals surface area (Å²) in [5.41, 5.74) is 4.48. The number of carbonyl (C=O) groups is 1. The maximum atomic E-state index is 13.1. The van der Waals surface area contributed by atoms with E-state index in [-0.39, 0.29) is 17.9 Å². The number of ether oxygens (including phenoxy) is 1. The molecule has 0 bridgehead atoms. The standard InChI is InChI=1S/C24H23NO2/c26-24(25-17-22-21-14-8-7-9-18(21)15-16-27-22)23(19-10-3-1-4-11-19)20-12-5-2-6-13-20/h1-14,22-23H,15-17H2,(H,25,26)/t22-/m1/s1. The Labute approximate surface area is 160 Å². The minimum absolute atomic E-state index is 0.000875. The first kappa shape index (κ1) is 17.5. The van der Waals surface area contributed by atoms with E-state index in [1.807, 2.05) is 66.7 Å². The fourth-order valence-electron chi connectivity index (χ4n) is 3.73. The lowest BCUT2D eigenvalue weighted by Crippen LogP contribution is -2.35. The van der Waals surface area contributed by atoms with Crippen molar-refractivity contribution in [3.8, 4) is 0 Å². The van der Waals surface area contributed by atoms with E-state index >= 15 is 0 Å². The van der Waals surface area contributed by atoms with Gasteiger partial charge in [-0.05, 0) is 28.7 Å². The van der Waals surface area contributed by atoms with Gasteiger partial charge < -0.3 is 10.1 Å². The van der Waals surface area contributed by atoms with Gasteiger partial charge in [-0.15, -0.1) is 0 Å². The van der Waals surface area contributed by atoms with E-state index in [0.29, 0.717) is 13.2 Å². The average molecular weight is 357 g/mol. The van der Waals surface area contributed by atoms with Crippen molar-refractivity contribution in [2.45, 2.75) is 18.4 Å². The van der Waals surface area contributed by atoms with Crippen molar-refractivity contribution in [1.82, 2.24) is 5.32 Å². The molecule has 0 aliphatic carbocycles. The summed E-state index contributed by atoms with van der Waals surface area (Å²) in [5.74, 6) is -0.328. The third-order valence-electron chi connectivity index (χ3n) is 5.08. The first-order valence-corrected chi connectivity index (χ1v) is 9.40. The summed E-state index contributed by atoms with van der Waals surface area (Å²) >= 11 is 0. The molecule has 3 heteroatoms. The van der Waals surface area contributed by atoms with E-state index in [1.54, 1.807) is 0 Å². The number of rotatable bonds is 5. The highest BCUT2D eigenvalue weighted by Crippen LogP contribution is 2.28. The SMILES string of the molecule is O=C(NC[C@H]1OCCc2ccccc21)C(c1ccccc1)c1ccccc1. The van der Waals surface area contributed by atoms with Gasteiger partial charge >= 0.3 is 0 Å². The number of benzene rings is 3. The first-order valence-electron chi connectivity index (χ1n) is 9.40. The lowest BCUT2D eigenvalue weighted by atomic mass is 9.90. The Morgan fingerprint density at radius 3 is 2.15 bits per heavy atom. The molecule has 27 heavy (non-hydrogen) atoms. The van der Waals surface area contributed by atoms with E-state index in [9.17, 15) is 4.79 Å². The number of carbonyl (C=O) groups excluding carboxylic acids is 1. The van der Waals surface area contributed by atoms with Gasteiger partial charge in [0.1, 0.15) is 6.10 Å². The van der Waals surface area contributed by atoms with E-state index in [1.165, 1.54) is 11.1 Å². The molecule has 1 heterocycles. The summed E-state index contributed by atoms with van der Waals surface area (Å²) in [6.45, 7) is 1.17. The predicted molar refractivity (Wildman–Crippen MR) is 107 cm³/mol. The van der Waals surface area contributed by atoms with Crippen LogP contribution in [0.15, 0.2) is 84.9 Å². The van der Waals surface area contributed by atoms with Crippen LogP contribution in [0.2, 0.25) is 0 Å². The summed E-state index contributed by atoms with van der Waals surface area (Å²) in [7, 11) is 0. The molecular weight excluding hydrogens is 334 g/mol. The monoisotopic (exact) mass is 357 g/mol. The second-order valence-corrected chi connectivity index (χ2v) is 6.81. The Bertz CT molecular complexity index is 853. The molecule has 0 saturated carbocycles. The summed E-state index contributed by atoms with van der Waals surface area (Å²) < 4.78 is 5.93. The molecule has 0 aromatic heterocycles. The largest absolute Gasteiger partial charge is 0.371 e. The van der Waals surface area contributed by atoms with Crippen LogP contribution < -0.4 is 5.32 Å². The highest BCUT2D eigenvalue weighted by Gasteiger charge is 2.25. The molecule has 1 atom stereocenters. The van der Waals surface area contributed by atoms with Crippen LogP contribution in [-0.2, 0) is 16.0 Å². The molecule has 3 nitrogen and oxygen atoms in total. The van der Waals surface area contributed by atoms with Crippen molar-refractivity contribution in [2.75, 3.05) is 13.2 Å². The zero-order chi connectivity index (χ0) is 18.5. The van der Waals surface area contributed by atoms with E-state index < -0.39 is 0 Å². The number of hydrogen-bond donors (Lipinski definition) is 1. The van der Waals surface area contributed by atoms with Crippen molar-refractivity contribution in [3.05, 3.63) is 107 Å². The second-order valence-electron chi connectivity index (χ2n) is 6.81. The smallest absolute Gasteiger partial charge is 0.232 e. The fraction of sp³-hybridized carbons (Fsp3) is 0.208. The molecule has 3 aromatic rings. The number of nitrogens with one attached hydrogen (secondary N) is 1. The van der Waals surface area contributed by atoms with Crippen molar-refractivity contribution in [2.24, 2.45) is 0 Å². The van der Waals surface area contributed by atoms with Gasteiger partial charge in [-0.3, -0.25) is 4.79 Å². The lowest BCUT2D eigenvalue weighted by Gasteiger charge is -2.27. The summed E-state index contributed by atoms with van der Waals surface area (Å²) in [4.78, 5) is 13.1. The zero-order valence-corrected chi connectivity index (χ0v) is 15.2. The van der Waals surface area contributed by atoms with Crippen LogP contribution in [0.5, 0.6) is 0 Å². The molecule has 0 fully saturated rings. The summed E-state index contributed by atoms with van der Waals surface area (Å²) in [6, 6.07) is 28.2. The number of fused-ring (bicyclic) bond motifs is 1. The second kappa shape index (κ2) is 8.19. The third kappa shape index (κ3) is 3.93. The average Bonchev–Trinajstić information content (AvgIpc) is 2.74. The van der Waals surface area contributed by atoms with Crippen LogP contribution in [0.3, 0.4) is 0 Å². The molecular formula is C24H23NO2. The van der Waals surface area contributed by atoms with Gasteiger partial charge in [-0.25, -0.2) is 0 Å². The molecule has 0 unspecified atom stereocenters. The highest BCUT2D eigenvalue weighted by atomic mass is 16.5. The molecule has 0 spiro atoms. The predicted octanol–water partition coefficient (Wildman–Crippen LogP) is 4.25.